The quantitative estimate of drug-likeness (QED) is 0.283. The van der Waals surface area contributed by atoms with Crippen LogP contribution < -0.4 is 0 Å². The Labute approximate surface area is 240 Å². The van der Waals surface area contributed by atoms with Gasteiger partial charge in [-0.3, -0.25) is 0 Å². The lowest BCUT2D eigenvalue weighted by Gasteiger charge is -2.45. The van der Waals surface area contributed by atoms with Gasteiger partial charge in [0.1, 0.15) is 0 Å². The van der Waals surface area contributed by atoms with Crippen LogP contribution in [-0.4, -0.2) is 35.0 Å². The lowest BCUT2D eigenvalue weighted by Crippen LogP contribution is -2.39. The molecule has 1 aliphatic heterocycles. The zero-order valence-electron chi connectivity index (χ0n) is 24.5. The van der Waals surface area contributed by atoms with Crippen molar-refractivity contribution >= 4 is 5.97 Å². The van der Waals surface area contributed by atoms with Gasteiger partial charge in [0, 0.05) is 17.9 Å². The van der Waals surface area contributed by atoms with Crippen LogP contribution in [0.25, 0.3) is 0 Å². The predicted octanol–water partition coefficient (Wildman–Crippen LogP) is 7.13. The Morgan fingerprint density at radius 3 is 2.67 bits per heavy atom. The van der Waals surface area contributed by atoms with Crippen LogP contribution in [0.4, 0.5) is 0 Å². The van der Waals surface area contributed by atoms with Crippen LogP contribution in [0.5, 0.6) is 0 Å². The highest BCUT2D eigenvalue weighted by atomic mass is 16.5. The summed E-state index contributed by atoms with van der Waals surface area (Å²) in [7, 11) is 0. The summed E-state index contributed by atoms with van der Waals surface area (Å²) in [4.78, 5) is 12.4. The molecule has 1 aromatic carbocycles. The second-order valence-corrected chi connectivity index (χ2v) is 13.4. The van der Waals surface area contributed by atoms with E-state index >= 15 is 0 Å². The van der Waals surface area contributed by atoms with Gasteiger partial charge >= 0.3 is 5.97 Å². The summed E-state index contributed by atoms with van der Waals surface area (Å²) < 4.78 is 5.61. The smallest absolute Gasteiger partial charge is 0.333 e. The minimum atomic E-state index is -0.645. The van der Waals surface area contributed by atoms with Crippen LogP contribution in [0, 0.1) is 35.0 Å². The molecule has 1 heterocycles. The predicted molar refractivity (Wildman–Crippen MR) is 160 cm³/mol. The van der Waals surface area contributed by atoms with E-state index in [4.69, 9.17) is 4.74 Å². The highest BCUT2D eigenvalue weighted by Crippen LogP contribution is 2.60. The molecule has 4 heteroatoms. The zero-order chi connectivity index (χ0) is 28.4. The number of ether oxygens (including phenoxy) is 1. The van der Waals surface area contributed by atoms with E-state index in [0.717, 1.165) is 36.8 Å². The maximum Gasteiger partial charge on any atom is 0.333 e. The van der Waals surface area contributed by atoms with Gasteiger partial charge in [0.05, 0.1) is 18.8 Å². The lowest BCUT2D eigenvalue weighted by atomic mass is 9.60. The average molecular weight is 545 g/mol. The largest absolute Gasteiger partial charge is 0.462 e. The number of hydrogen-bond acceptors (Lipinski definition) is 4. The molecule has 5 rings (SSSR count). The molecule has 1 aromatic rings. The second kappa shape index (κ2) is 12.2. The third-order valence-corrected chi connectivity index (χ3v) is 11.0. The first-order chi connectivity index (χ1) is 19.2. The molecule has 0 spiro atoms. The number of benzene rings is 1. The fourth-order valence-corrected chi connectivity index (χ4v) is 8.76. The van der Waals surface area contributed by atoms with Gasteiger partial charge in [0.2, 0.25) is 0 Å². The summed E-state index contributed by atoms with van der Waals surface area (Å²) >= 11 is 0. The number of esters is 1. The number of aliphatic hydroxyl groups excluding tert-OH is 2. The van der Waals surface area contributed by atoms with Crippen LogP contribution in [-0.2, 0) is 16.0 Å². The van der Waals surface area contributed by atoms with Crippen LogP contribution in [0.15, 0.2) is 77.9 Å². The number of aryl methyl sites for hydroxylation is 1. The molecule has 0 bridgehead atoms. The fraction of sp³-hybridized carbons (Fsp3) is 0.583. The van der Waals surface area contributed by atoms with E-state index in [9.17, 15) is 15.0 Å². The van der Waals surface area contributed by atoms with Crippen molar-refractivity contribution in [3.63, 3.8) is 0 Å². The third-order valence-electron chi connectivity index (χ3n) is 11.0. The molecule has 216 valence electrons. The molecule has 3 aliphatic carbocycles. The van der Waals surface area contributed by atoms with Gasteiger partial charge in [-0.2, -0.15) is 0 Å². The number of aliphatic hydroxyl groups is 2. The van der Waals surface area contributed by atoms with E-state index in [2.05, 4.69) is 63.4 Å². The zero-order valence-corrected chi connectivity index (χ0v) is 24.5. The number of cyclic esters (lactones) is 1. The highest BCUT2D eigenvalue weighted by Gasteiger charge is 2.51. The Balaban J connectivity index is 1.28. The van der Waals surface area contributed by atoms with E-state index in [1.807, 2.05) is 6.07 Å². The van der Waals surface area contributed by atoms with Gasteiger partial charge in [-0.05, 0) is 104 Å². The molecule has 1 saturated heterocycles. The summed E-state index contributed by atoms with van der Waals surface area (Å²) in [6.07, 6.45) is 13.3. The Hall–Kier alpha value is -2.43. The topological polar surface area (TPSA) is 66.8 Å². The average Bonchev–Trinajstić information content (AvgIpc) is 3.30. The van der Waals surface area contributed by atoms with Gasteiger partial charge in [-0.25, -0.2) is 4.79 Å². The third kappa shape index (κ3) is 5.94. The van der Waals surface area contributed by atoms with Crippen molar-refractivity contribution in [2.24, 2.45) is 35.0 Å². The molecular formula is C36H48O4. The SMILES string of the molecule is C=C1C(=O)OCC(C[C@@H](C)C2CC[C@H]3/C(=C/C=C4/C[C@@H](O)C[C@H](O)C4=C)CCC[C@]23C)C1CCc1ccccc1. The molecule has 0 aromatic heterocycles. The van der Waals surface area contributed by atoms with Crippen LogP contribution in [0.1, 0.15) is 77.2 Å². The van der Waals surface area contributed by atoms with E-state index in [0.29, 0.717) is 48.7 Å². The Morgan fingerprint density at radius 2 is 1.90 bits per heavy atom. The molecule has 0 radical (unpaired) electrons. The Bertz CT molecular complexity index is 1160. The molecule has 4 aliphatic rings. The van der Waals surface area contributed by atoms with E-state index in [1.165, 1.54) is 36.8 Å². The van der Waals surface area contributed by atoms with Crippen molar-refractivity contribution in [1.29, 1.82) is 0 Å². The first-order valence-corrected chi connectivity index (χ1v) is 15.5. The van der Waals surface area contributed by atoms with Crippen LogP contribution >= 0.6 is 0 Å². The van der Waals surface area contributed by atoms with Crippen molar-refractivity contribution in [3.8, 4) is 0 Å². The monoisotopic (exact) mass is 544 g/mol. The van der Waals surface area contributed by atoms with E-state index in [-0.39, 0.29) is 17.3 Å². The molecule has 8 atom stereocenters. The van der Waals surface area contributed by atoms with Gasteiger partial charge in [0.15, 0.2) is 0 Å². The van der Waals surface area contributed by atoms with Crippen molar-refractivity contribution in [2.45, 2.75) is 90.3 Å². The number of fused-ring (bicyclic) bond motifs is 1. The van der Waals surface area contributed by atoms with E-state index in [1.54, 1.807) is 0 Å². The normalized spacial score (nSPS) is 37.5. The number of carbonyl (C=O) groups is 1. The maximum absolute atomic E-state index is 12.4. The molecule has 0 amide bonds. The lowest BCUT2D eigenvalue weighted by molar-refractivity contribution is -0.146. The van der Waals surface area contributed by atoms with Gasteiger partial charge in [0.25, 0.3) is 0 Å². The summed E-state index contributed by atoms with van der Waals surface area (Å²) in [5.74, 6) is 2.05. The molecule has 3 saturated carbocycles. The van der Waals surface area contributed by atoms with Crippen molar-refractivity contribution in [2.75, 3.05) is 6.61 Å². The molecule has 4 fully saturated rings. The van der Waals surface area contributed by atoms with Crippen molar-refractivity contribution < 1.29 is 19.7 Å². The Kier molecular flexibility index (Phi) is 8.87. The molecule has 40 heavy (non-hydrogen) atoms. The van der Waals surface area contributed by atoms with Gasteiger partial charge in [-0.1, -0.05) is 75.1 Å². The number of rotatable bonds is 7. The first kappa shape index (κ1) is 29.1. The summed E-state index contributed by atoms with van der Waals surface area (Å²) in [5.41, 5.74) is 5.51. The minimum absolute atomic E-state index is 0.177. The molecule has 4 nitrogen and oxygen atoms in total. The standard InChI is InChI=1S/C36H48O4/c1-23(19-29-22-40-35(39)25(3)31(29)15-12-26-9-6-5-7-10-26)32-16-17-33-27(11-8-18-36(32,33)4)13-14-28-20-30(37)21-34(38)24(28)2/h5-7,9-10,13-14,23,29-34,37-38H,2-3,8,11-12,15-22H2,1,4H3/b27-13+,28-14-/t23-,29?,30-,31?,32?,33+,34+,36-/m1/s1. The van der Waals surface area contributed by atoms with Crippen molar-refractivity contribution in [3.05, 3.63) is 83.5 Å². The summed E-state index contributed by atoms with van der Waals surface area (Å²) in [5, 5.41) is 20.4. The molecule has 2 N–H and O–H groups in total. The van der Waals surface area contributed by atoms with Crippen LogP contribution in [0.2, 0.25) is 0 Å². The summed E-state index contributed by atoms with van der Waals surface area (Å²) in [6.45, 7) is 13.7. The number of allylic oxidation sites excluding steroid dienone is 3. The molecule has 3 unspecified atom stereocenters. The van der Waals surface area contributed by atoms with Gasteiger partial charge < -0.3 is 14.9 Å². The van der Waals surface area contributed by atoms with Crippen LogP contribution in [0.3, 0.4) is 0 Å². The van der Waals surface area contributed by atoms with E-state index < -0.39 is 12.2 Å². The Morgan fingerprint density at radius 1 is 1.12 bits per heavy atom. The molecular weight excluding hydrogens is 496 g/mol. The highest BCUT2D eigenvalue weighted by molar-refractivity contribution is 5.89. The second-order valence-electron chi connectivity index (χ2n) is 13.4. The van der Waals surface area contributed by atoms with Gasteiger partial charge in [-0.15, -0.1) is 0 Å². The van der Waals surface area contributed by atoms with Crippen molar-refractivity contribution in [1.82, 2.24) is 0 Å². The number of carbonyl (C=O) groups excluding carboxylic acids is 1. The summed E-state index contributed by atoms with van der Waals surface area (Å²) in [6, 6.07) is 10.5. The number of hydrogen-bond donors (Lipinski definition) is 2. The first-order valence-electron chi connectivity index (χ1n) is 15.5. The minimum Gasteiger partial charge on any atom is -0.462 e. The fourth-order valence-electron chi connectivity index (χ4n) is 8.76. The maximum atomic E-state index is 12.4.